The number of aryl methyl sites for hydroxylation is 2. The third kappa shape index (κ3) is 5.96. The number of benzene rings is 1. The molecule has 0 unspecified atom stereocenters. The third-order valence-corrected chi connectivity index (χ3v) is 6.36. The number of unbranched alkanes of at least 4 members (excludes halogenated alkanes) is 2. The second kappa shape index (κ2) is 11.3. The highest BCUT2D eigenvalue weighted by atomic mass is 19.1. The molecule has 3 heterocycles. The smallest absolute Gasteiger partial charge is 0.244 e. The van der Waals surface area contributed by atoms with E-state index < -0.39 is 0 Å². The molecule has 9 heteroatoms. The summed E-state index contributed by atoms with van der Waals surface area (Å²) < 4.78 is 20.8. The minimum Gasteiger partial charge on any atom is -0.497 e. The van der Waals surface area contributed by atoms with Gasteiger partial charge >= 0.3 is 0 Å². The fourth-order valence-corrected chi connectivity index (χ4v) is 4.24. The van der Waals surface area contributed by atoms with Gasteiger partial charge in [0, 0.05) is 50.4 Å². The standard InChI is InChI=1S/C26H33FN6O2/c1-4-5-6-7-23-29-26(20-8-9-22(27)19(2)16-20)30-33(23)18-25(34)32-14-12-31(13-15-32)24-17-21(35-3)10-11-28-24/h8-11,16-17H,4-7,12-15,18H2,1-3H3. The number of halogens is 1. The summed E-state index contributed by atoms with van der Waals surface area (Å²) in [5, 5.41) is 4.65. The molecular formula is C26H33FN6O2. The highest BCUT2D eigenvalue weighted by molar-refractivity contribution is 5.76. The summed E-state index contributed by atoms with van der Waals surface area (Å²) in [6.07, 6.45) is 5.66. The van der Waals surface area contributed by atoms with E-state index in [1.54, 1.807) is 37.0 Å². The van der Waals surface area contributed by atoms with Gasteiger partial charge in [0.05, 0.1) is 7.11 Å². The van der Waals surface area contributed by atoms with Crippen molar-refractivity contribution in [3.8, 4) is 17.1 Å². The normalized spacial score (nSPS) is 13.8. The molecular weight excluding hydrogens is 447 g/mol. The monoisotopic (exact) mass is 480 g/mol. The van der Waals surface area contributed by atoms with E-state index in [9.17, 15) is 9.18 Å². The first kappa shape index (κ1) is 24.6. The van der Waals surface area contributed by atoms with Gasteiger partial charge in [-0.2, -0.15) is 5.10 Å². The maximum absolute atomic E-state index is 13.7. The van der Waals surface area contributed by atoms with Crippen LogP contribution < -0.4 is 9.64 Å². The van der Waals surface area contributed by atoms with E-state index in [2.05, 4.69) is 21.9 Å². The van der Waals surface area contributed by atoms with Crippen LogP contribution in [0.2, 0.25) is 0 Å². The van der Waals surface area contributed by atoms with Crippen LogP contribution in [0.5, 0.6) is 5.75 Å². The molecule has 0 atom stereocenters. The summed E-state index contributed by atoms with van der Waals surface area (Å²) in [7, 11) is 1.64. The zero-order chi connectivity index (χ0) is 24.8. The van der Waals surface area contributed by atoms with E-state index in [1.165, 1.54) is 6.07 Å². The Kier molecular flexibility index (Phi) is 7.94. The molecule has 4 rings (SSSR count). The Morgan fingerprint density at radius 1 is 1.11 bits per heavy atom. The van der Waals surface area contributed by atoms with Crippen LogP contribution in [0.25, 0.3) is 11.4 Å². The number of rotatable bonds is 9. The molecule has 1 aromatic carbocycles. The molecule has 35 heavy (non-hydrogen) atoms. The van der Waals surface area contributed by atoms with Gasteiger partial charge in [0.25, 0.3) is 0 Å². The number of hydrogen-bond donors (Lipinski definition) is 0. The molecule has 0 aliphatic carbocycles. The third-order valence-electron chi connectivity index (χ3n) is 6.36. The van der Waals surface area contributed by atoms with Gasteiger partial charge < -0.3 is 14.5 Å². The van der Waals surface area contributed by atoms with Crippen LogP contribution in [0, 0.1) is 12.7 Å². The van der Waals surface area contributed by atoms with Crippen molar-refractivity contribution in [1.82, 2.24) is 24.6 Å². The summed E-state index contributed by atoms with van der Waals surface area (Å²) in [6.45, 7) is 6.65. The summed E-state index contributed by atoms with van der Waals surface area (Å²) in [5.41, 5.74) is 1.30. The van der Waals surface area contributed by atoms with E-state index in [4.69, 9.17) is 9.72 Å². The lowest BCUT2D eigenvalue weighted by atomic mass is 10.1. The molecule has 1 aliphatic rings. The molecule has 1 saturated heterocycles. The van der Waals surface area contributed by atoms with Crippen LogP contribution in [0.4, 0.5) is 10.2 Å². The van der Waals surface area contributed by atoms with Crippen LogP contribution in [0.3, 0.4) is 0 Å². The van der Waals surface area contributed by atoms with Gasteiger partial charge in [0.2, 0.25) is 5.91 Å². The number of methoxy groups -OCH3 is 1. The van der Waals surface area contributed by atoms with Crippen LogP contribution in [0.15, 0.2) is 36.5 Å². The van der Waals surface area contributed by atoms with E-state index >= 15 is 0 Å². The topological polar surface area (TPSA) is 76.4 Å². The maximum Gasteiger partial charge on any atom is 0.244 e. The molecule has 8 nitrogen and oxygen atoms in total. The molecule has 0 saturated carbocycles. The number of piperazine rings is 1. The zero-order valence-electron chi connectivity index (χ0n) is 20.7. The Balaban J connectivity index is 1.44. The van der Waals surface area contributed by atoms with E-state index in [0.717, 1.165) is 48.6 Å². The molecule has 0 spiro atoms. The lowest BCUT2D eigenvalue weighted by Crippen LogP contribution is -2.50. The maximum atomic E-state index is 13.7. The number of aromatic nitrogens is 4. The van der Waals surface area contributed by atoms with Crippen molar-refractivity contribution in [2.45, 2.75) is 46.1 Å². The largest absolute Gasteiger partial charge is 0.497 e. The SMILES string of the molecule is CCCCCc1nc(-c2ccc(F)c(C)c2)nn1CC(=O)N1CCN(c2cc(OC)ccn2)CC1. The molecule has 1 fully saturated rings. The molecule has 1 amide bonds. The second-order valence-corrected chi connectivity index (χ2v) is 8.85. The Hall–Kier alpha value is -3.49. The second-order valence-electron chi connectivity index (χ2n) is 8.85. The Labute approximate surface area is 205 Å². The predicted octanol–water partition coefficient (Wildman–Crippen LogP) is 3.88. The number of amides is 1. The lowest BCUT2D eigenvalue weighted by molar-refractivity contribution is -0.132. The van der Waals surface area contributed by atoms with Gasteiger partial charge in [0.1, 0.15) is 29.8 Å². The van der Waals surface area contributed by atoms with Crippen molar-refractivity contribution in [1.29, 1.82) is 0 Å². The minimum absolute atomic E-state index is 0.0201. The molecule has 0 N–H and O–H groups in total. The summed E-state index contributed by atoms with van der Waals surface area (Å²) in [6, 6.07) is 8.60. The van der Waals surface area contributed by atoms with Crippen molar-refractivity contribution in [3.63, 3.8) is 0 Å². The Morgan fingerprint density at radius 2 is 1.91 bits per heavy atom. The highest BCUT2D eigenvalue weighted by Crippen LogP contribution is 2.21. The van der Waals surface area contributed by atoms with Gasteiger partial charge in [-0.1, -0.05) is 19.8 Å². The quantitative estimate of drug-likeness (QED) is 0.433. The molecule has 186 valence electrons. The lowest BCUT2D eigenvalue weighted by Gasteiger charge is -2.35. The summed E-state index contributed by atoms with van der Waals surface area (Å²) in [4.78, 5) is 26.4. The number of ether oxygens (including phenoxy) is 1. The van der Waals surface area contributed by atoms with Crippen molar-refractivity contribution < 1.29 is 13.9 Å². The zero-order valence-corrected chi connectivity index (χ0v) is 20.7. The Bertz CT molecular complexity index is 1160. The van der Waals surface area contributed by atoms with Crippen LogP contribution in [-0.2, 0) is 17.8 Å². The molecule has 2 aromatic heterocycles. The number of carbonyl (C=O) groups is 1. The first-order chi connectivity index (χ1) is 17.0. The van der Waals surface area contributed by atoms with Gasteiger partial charge in [-0.15, -0.1) is 0 Å². The first-order valence-corrected chi connectivity index (χ1v) is 12.2. The van der Waals surface area contributed by atoms with Gasteiger partial charge in [-0.25, -0.2) is 19.0 Å². The van der Waals surface area contributed by atoms with Gasteiger partial charge in [-0.3, -0.25) is 4.79 Å². The number of nitrogens with zero attached hydrogens (tertiary/aromatic N) is 6. The fraction of sp³-hybridized carbons (Fsp3) is 0.462. The van der Waals surface area contributed by atoms with Crippen molar-refractivity contribution in [2.24, 2.45) is 0 Å². The summed E-state index contributed by atoms with van der Waals surface area (Å²) >= 11 is 0. The summed E-state index contributed by atoms with van der Waals surface area (Å²) in [5.74, 6) is 2.71. The Morgan fingerprint density at radius 3 is 2.63 bits per heavy atom. The average molecular weight is 481 g/mol. The van der Waals surface area contributed by atoms with E-state index in [0.29, 0.717) is 37.6 Å². The average Bonchev–Trinajstić information content (AvgIpc) is 3.28. The van der Waals surface area contributed by atoms with Crippen LogP contribution >= 0.6 is 0 Å². The number of anilines is 1. The number of hydrogen-bond acceptors (Lipinski definition) is 6. The first-order valence-electron chi connectivity index (χ1n) is 12.2. The fourth-order valence-electron chi connectivity index (χ4n) is 4.24. The minimum atomic E-state index is -0.255. The van der Waals surface area contributed by atoms with E-state index in [-0.39, 0.29) is 18.3 Å². The molecule has 3 aromatic rings. The predicted molar refractivity (Wildman–Crippen MR) is 133 cm³/mol. The van der Waals surface area contributed by atoms with E-state index in [1.807, 2.05) is 17.0 Å². The van der Waals surface area contributed by atoms with Crippen LogP contribution in [0.1, 0.15) is 37.6 Å². The van der Waals surface area contributed by atoms with Crippen LogP contribution in [-0.4, -0.2) is 63.8 Å². The molecule has 0 bridgehead atoms. The number of pyridine rings is 1. The highest BCUT2D eigenvalue weighted by Gasteiger charge is 2.24. The van der Waals surface area contributed by atoms with Gasteiger partial charge in [-0.05, 0) is 43.2 Å². The van der Waals surface area contributed by atoms with Crippen molar-refractivity contribution >= 4 is 11.7 Å². The molecule has 0 radical (unpaired) electrons. The number of carbonyl (C=O) groups excluding carboxylic acids is 1. The van der Waals surface area contributed by atoms with Gasteiger partial charge in [0.15, 0.2) is 5.82 Å². The van der Waals surface area contributed by atoms with Crippen molar-refractivity contribution in [2.75, 3.05) is 38.2 Å². The molecule has 1 aliphatic heterocycles. The van der Waals surface area contributed by atoms with Crippen molar-refractivity contribution in [3.05, 3.63) is 53.7 Å².